The molecule has 0 bridgehead atoms. The summed E-state index contributed by atoms with van der Waals surface area (Å²) in [5, 5.41) is 1.27. The second-order valence-electron chi connectivity index (χ2n) is 6.22. The van der Waals surface area contributed by atoms with Crippen molar-refractivity contribution in [2.75, 3.05) is 0 Å². The molecule has 14 heteroatoms. The second kappa shape index (κ2) is 8.82. The highest BCUT2D eigenvalue weighted by molar-refractivity contribution is 5.85. The van der Waals surface area contributed by atoms with Crippen LogP contribution in [0, 0.1) is 11.6 Å². The van der Waals surface area contributed by atoms with Crippen molar-refractivity contribution in [2.45, 2.75) is 30.7 Å². The number of alkyl halides is 9. The Morgan fingerprint density at radius 1 is 0.812 bits per heavy atom. The van der Waals surface area contributed by atoms with Crippen LogP contribution in [-0.2, 0) is 4.79 Å². The van der Waals surface area contributed by atoms with Crippen molar-refractivity contribution in [3.63, 3.8) is 0 Å². The molecule has 0 aliphatic carbocycles. The highest BCUT2D eigenvalue weighted by Crippen LogP contribution is 2.37. The van der Waals surface area contributed by atoms with Crippen LogP contribution in [0.1, 0.15) is 17.2 Å². The Labute approximate surface area is 171 Å². The minimum Gasteiger partial charge on any atom is -0.428 e. The fraction of sp³-hybridized carbons (Fsp3) is 0.278. The van der Waals surface area contributed by atoms with Crippen LogP contribution in [-0.4, -0.2) is 30.5 Å². The summed E-state index contributed by atoms with van der Waals surface area (Å²) in [6.07, 6.45) is -15.8. The molecule has 0 aromatic heterocycles. The zero-order valence-electron chi connectivity index (χ0n) is 15.2. The molecule has 0 saturated heterocycles. The largest absolute Gasteiger partial charge is 0.463 e. The van der Waals surface area contributed by atoms with Crippen LogP contribution in [0.4, 0.5) is 48.3 Å². The standard InChI is InChI=1S/C18H10F11NO2/c19-10-3-1-8(2-4-10)13(30-15(31)16(23,24)18(27,28)29)9-5-11(20)7-12(6-9)32-17(25,26)14(21)22/h1-7,13-14H,(H,30,31)/t13-/m0/s1. The second-order valence-corrected chi connectivity index (χ2v) is 6.22. The fourth-order valence-corrected chi connectivity index (χ4v) is 2.38. The molecule has 176 valence electrons. The van der Waals surface area contributed by atoms with Gasteiger partial charge in [-0.3, -0.25) is 4.79 Å². The van der Waals surface area contributed by atoms with E-state index in [1.54, 1.807) is 0 Å². The molecule has 1 atom stereocenters. The van der Waals surface area contributed by atoms with E-state index in [0.717, 1.165) is 12.1 Å². The molecule has 0 saturated carbocycles. The lowest BCUT2D eigenvalue weighted by Gasteiger charge is -2.25. The molecule has 32 heavy (non-hydrogen) atoms. The van der Waals surface area contributed by atoms with Crippen LogP contribution in [0.2, 0.25) is 0 Å². The predicted molar refractivity (Wildman–Crippen MR) is 85.4 cm³/mol. The van der Waals surface area contributed by atoms with Crippen molar-refractivity contribution in [1.82, 2.24) is 5.32 Å². The zero-order valence-corrected chi connectivity index (χ0v) is 15.2. The normalized spacial score (nSPS) is 13.8. The minimum absolute atomic E-state index is 0.202. The smallest absolute Gasteiger partial charge is 0.428 e. The Kier molecular flexibility index (Phi) is 6.95. The van der Waals surface area contributed by atoms with Gasteiger partial charge >= 0.3 is 30.5 Å². The molecule has 0 aliphatic heterocycles. The van der Waals surface area contributed by atoms with Crippen molar-refractivity contribution in [3.05, 3.63) is 65.2 Å². The van der Waals surface area contributed by atoms with Crippen molar-refractivity contribution in [3.8, 4) is 5.75 Å². The molecule has 2 aromatic carbocycles. The van der Waals surface area contributed by atoms with Crippen molar-refractivity contribution in [1.29, 1.82) is 0 Å². The van der Waals surface area contributed by atoms with E-state index in [-0.39, 0.29) is 11.6 Å². The van der Waals surface area contributed by atoms with E-state index in [4.69, 9.17) is 0 Å². The lowest BCUT2D eigenvalue weighted by molar-refractivity contribution is -0.270. The first-order valence-corrected chi connectivity index (χ1v) is 8.21. The van der Waals surface area contributed by atoms with Gasteiger partial charge in [0.05, 0.1) is 6.04 Å². The number of carbonyl (C=O) groups excluding carboxylic acids is 1. The Morgan fingerprint density at radius 3 is 1.88 bits per heavy atom. The number of amides is 1. The quantitative estimate of drug-likeness (QED) is 0.523. The van der Waals surface area contributed by atoms with Gasteiger partial charge in [-0.25, -0.2) is 8.78 Å². The van der Waals surface area contributed by atoms with Gasteiger partial charge in [-0.05, 0) is 35.4 Å². The van der Waals surface area contributed by atoms with Crippen LogP contribution in [0.3, 0.4) is 0 Å². The van der Waals surface area contributed by atoms with Gasteiger partial charge in [-0.1, -0.05) is 12.1 Å². The summed E-state index contributed by atoms with van der Waals surface area (Å²) in [5.74, 6) is -12.4. The number of rotatable bonds is 7. The summed E-state index contributed by atoms with van der Waals surface area (Å²) in [5.41, 5.74) is -1.13. The molecule has 1 amide bonds. The highest BCUT2D eigenvalue weighted by Gasteiger charge is 2.63. The lowest BCUT2D eigenvalue weighted by atomic mass is 9.97. The van der Waals surface area contributed by atoms with Crippen LogP contribution in [0.5, 0.6) is 5.75 Å². The van der Waals surface area contributed by atoms with Crippen LogP contribution in [0.25, 0.3) is 0 Å². The van der Waals surface area contributed by atoms with Gasteiger partial charge in [0.15, 0.2) is 0 Å². The maximum atomic E-state index is 13.9. The van der Waals surface area contributed by atoms with Gasteiger partial charge in [0, 0.05) is 6.07 Å². The molecule has 0 unspecified atom stereocenters. The Hall–Kier alpha value is -3.06. The number of nitrogens with one attached hydrogen (secondary N) is 1. The van der Waals surface area contributed by atoms with Crippen molar-refractivity contribution < 1.29 is 57.8 Å². The van der Waals surface area contributed by atoms with Crippen LogP contribution in [0.15, 0.2) is 42.5 Å². The highest BCUT2D eigenvalue weighted by atomic mass is 19.4. The van der Waals surface area contributed by atoms with Gasteiger partial charge in [-0.15, -0.1) is 0 Å². The number of halogens is 11. The van der Waals surface area contributed by atoms with E-state index in [0.29, 0.717) is 24.3 Å². The summed E-state index contributed by atoms with van der Waals surface area (Å²) >= 11 is 0. The molecular formula is C18H10F11NO2. The lowest BCUT2D eigenvalue weighted by Crippen LogP contribution is -2.51. The van der Waals surface area contributed by atoms with E-state index in [2.05, 4.69) is 4.74 Å². The topological polar surface area (TPSA) is 38.3 Å². The summed E-state index contributed by atoms with van der Waals surface area (Å²) in [6.45, 7) is 0. The number of hydrogen-bond acceptors (Lipinski definition) is 2. The summed E-state index contributed by atoms with van der Waals surface area (Å²) in [7, 11) is 0. The van der Waals surface area contributed by atoms with E-state index in [1.807, 2.05) is 0 Å². The molecule has 0 spiro atoms. The van der Waals surface area contributed by atoms with E-state index < -0.39 is 59.5 Å². The molecule has 0 heterocycles. The average molecular weight is 481 g/mol. The number of ether oxygens (including phenoxy) is 1. The molecule has 3 nitrogen and oxygen atoms in total. The monoisotopic (exact) mass is 481 g/mol. The van der Waals surface area contributed by atoms with Crippen molar-refractivity contribution >= 4 is 5.91 Å². The molecule has 1 N–H and O–H groups in total. The average Bonchev–Trinajstić information content (AvgIpc) is 2.64. The van der Waals surface area contributed by atoms with Gasteiger partial charge < -0.3 is 10.1 Å². The zero-order chi connectivity index (χ0) is 24.5. The number of carbonyl (C=O) groups is 1. The third kappa shape index (κ3) is 5.59. The Balaban J connectivity index is 2.53. The molecular weight excluding hydrogens is 471 g/mol. The van der Waals surface area contributed by atoms with E-state index in [9.17, 15) is 53.1 Å². The molecule has 2 aromatic rings. The Morgan fingerprint density at radius 2 is 1.38 bits per heavy atom. The molecule has 0 radical (unpaired) electrons. The Bertz CT molecular complexity index is 958. The first-order chi connectivity index (χ1) is 14.5. The third-order valence-corrected chi connectivity index (χ3v) is 3.85. The summed E-state index contributed by atoms with van der Waals surface area (Å²) < 4.78 is 146. The summed E-state index contributed by atoms with van der Waals surface area (Å²) in [4.78, 5) is 11.6. The van der Waals surface area contributed by atoms with Gasteiger partial charge in [0.25, 0.3) is 0 Å². The first-order valence-electron chi connectivity index (χ1n) is 8.21. The van der Waals surface area contributed by atoms with Crippen molar-refractivity contribution in [2.24, 2.45) is 0 Å². The maximum Gasteiger partial charge on any atom is 0.463 e. The van der Waals surface area contributed by atoms with Crippen LogP contribution < -0.4 is 10.1 Å². The van der Waals surface area contributed by atoms with Gasteiger partial charge in [0.1, 0.15) is 17.4 Å². The SMILES string of the molecule is O=C(N[C@@H](c1ccc(F)cc1)c1cc(F)cc(OC(F)(F)C(F)F)c1)C(F)(F)C(F)(F)F. The predicted octanol–water partition coefficient (Wildman–Crippen LogP) is 5.60. The molecule has 0 fully saturated rings. The number of benzene rings is 2. The summed E-state index contributed by atoms with van der Waals surface area (Å²) in [6, 6.07) is 1.99. The fourth-order valence-electron chi connectivity index (χ4n) is 2.38. The van der Waals surface area contributed by atoms with E-state index in [1.165, 1.54) is 5.32 Å². The van der Waals surface area contributed by atoms with Crippen LogP contribution >= 0.6 is 0 Å². The number of hydrogen-bond donors (Lipinski definition) is 1. The van der Waals surface area contributed by atoms with Gasteiger partial charge in [-0.2, -0.15) is 39.5 Å². The maximum absolute atomic E-state index is 13.9. The molecule has 0 aliphatic rings. The minimum atomic E-state index is -6.32. The third-order valence-electron chi connectivity index (χ3n) is 3.85. The van der Waals surface area contributed by atoms with E-state index >= 15 is 0 Å². The van der Waals surface area contributed by atoms with Gasteiger partial charge in [0.2, 0.25) is 0 Å². The first kappa shape index (κ1) is 25.2. The molecule has 2 rings (SSSR count).